The van der Waals surface area contributed by atoms with Crippen molar-refractivity contribution in [1.29, 1.82) is 0 Å². The Morgan fingerprint density at radius 1 is 1.11 bits per heavy atom. The first-order chi connectivity index (χ1) is 9.17. The molecule has 1 saturated heterocycles. The van der Waals surface area contributed by atoms with Crippen molar-refractivity contribution < 1.29 is 0 Å². The van der Waals surface area contributed by atoms with E-state index >= 15 is 0 Å². The average Bonchev–Trinajstić information content (AvgIpc) is 2.46. The van der Waals surface area contributed by atoms with Crippen LogP contribution in [0.25, 0.3) is 0 Å². The van der Waals surface area contributed by atoms with Gasteiger partial charge in [0.25, 0.3) is 0 Å². The van der Waals surface area contributed by atoms with Gasteiger partial charge in [-0.3, -0.25) is 0 Å². The minimum atomic E-state index is 0.563. The monoisotopic (exact) mass is 262 g/mol. The van der Waals surface area contributed by atoms with Gasteiger partial charge in [-0.15, -0.1) is 5.10 Å². The van der Waals surface area contributed by atoms with Crippen molar-refractivity contribution >= 4 is 5.95 Å². The van der Waals surface area contributed by atoms with Crippen LogP contribution in [0.2, 0.25) is 0 Å². The smallest absolute Gasteiger partial charge is 0.245 e. The molecule has 0 saturated carbocycles. The van der Waals surface area contributed by atoms with E-state index < -0.39 is 0 Å². The van der Waals surface area contributed by atoms with Gasteiger partial charge < -0.3 is 4.90 Å². The van der Waals surface area contributed by atoms with Crippen LogP contribution in [0, 0.1) is 5.92 Å². The molecule has 1 unspecified atom stereocenters. The number of piperidine rings is 1. The molecule has 0 spiro atoms. The molecule has 0 N–H and O–H groups in total. The molecule has 0 aromatic carbocycles. The Labute approximate surface area is 116 Å². The first kappa shape index (κ1) is 14.2. The van der Waals surface area contributed by atoms with Crippen LogP contribution in [0.5, 0.6) is 0 Å². The molecule has 0 bridgehead atoms. The molecule has 4 nitrogen and oxygen atoms in total. The number of aryl methyl sites for hydroxylation is 2. The fourth-order valence-electron chi connectivity index (χ4n) is 2.95. The highest BCUT2D eigenvalue weighted by atomic mass is 15.3. The van der Waals surface area contributed by atoms with Gasteiger partial charge in [0, 0.05) is 12.6 Å². The number of aromatic nitrogens is 3. The lowest BCUT2D eigenvalue weighted by Crippen LogP contribution is -2.44. The van der Waals surface area contributed by atoms with Crippen molar-refractivity contribution in [3.63, 3.8) is 0 Å². The van der Waals surface area contributed by atoms with Crippen molar-refractivity contribution in [2.24, 2.45) is 5.92 Å². The van der Waals surface area contributed by atoms with Crippen molar-refractivity contribution in [3.8, 4) is 0 Å². The summed E-state index contributed by atoms with van der Waals surface area (Å²) in [5.74, 6) is 1.48. The largest absolute Gasteiger partial charge is 0.336 e. The van der Waals surface area contributed by atoms with Crippen LogP contribution in [0.1, 0.15) is 58.3 Å². The van der Waals surface area contributed by atoms with E-state index in [-0.39, 0.29) is 0 Å². The maximum Gasteiger partial charge on any atom is 0.245 e. The zero-order valence-electron chi connectivity index (χ0n) is 12.7. The summed E-state index contributed by atoms with van der Waals surface area (Å²) >= 11 is 0. The lowest BCUT2D eigenvalue weighted by atomic mass is 9.93. The second-order valence-corrected chi connectivity index (χ2v) is 5.71. The van der Waals surface area contributed by atoms with Gasteiger partial charge in [-0.05, 0) is 38.0 Å². The highest BCUT2D eigenvalue weighted by Crippen LogP contribution is 2.26. The van der Waals surface area contributed by atoms with Crippen molar-refractivity contribution in [1.82, 2.24) is 15.2 Å². The maximum atomic E-state index is 4.77. The minimum absolute atomic E-state index is 0.563. The molecule has 4 heteroatoms. The van der Waals surface area contributed by atoms with E-state index in [1.807, 2.05) is 0 Å². The zero-order valence-corrected chi connectivity index (χ0v) is 12.7. The highest BCUT2D eigenvalue weighted by Gasteiger charge is 2.27. The first-order valence-corrected chi connectivity index (χ1v) is 7.66. The van der Waals surface area contributed by atoms with Gasteiger partial charge in [-0.2, -0.15) is 5.10 Å². The van der Waals surface area contributed by atoms with Crippen LogP contribution in [-0.2, 0) is 12.8 Å². The normalized spacial score (nSPS) is 20.1. The molecular weight excluding hydrogens is 236 g/mol. The standard InChI is InChI=1S/C15H26N4/c1-5-12-13(6-2)17-18-15(16-12)19-10-8-7-9-14(19)11(3)4/h11,14H,5-10H2,1-4H3. The Kier molecular flexibility index (Phi) is 4.72. The summed E-state index contributed by atoms with van der Waals surface area (Å²) < 4.78 is 0. The Balaban J connectivity index is 2.28. The van der Waals surface area contributed by atoms with Crippen LogP contribution < -0.4 is 4.90 Å². The van der Waals surface area contributed by atoms with Gasteiger partial charge in [0.15, 0.2) is 0 Å². The number of nitrogens with zero attached hydrogens (tertiary/aromatic N) is 4. The van der Waals surface area contributed by atoms with Gasteiger partial charge >= 0.3 is 0 Å². The summed E-state index contributed by atoms with van der Waals surface area (Å²) in [7, 11) is 0. The number of hydrogen-bond donors (Lipinski definition) is 0. The maximum absolute atomic E-state index is 4.77. The van der Waals surface area contributed by atoms with E-state index in [1.54, 1.807) is 0 Å². The van der Waals surface area contributed by atoms with Crippen molar-refractivity contribution in [2.75, 3.05) is 11.4 Å². The molecule has 0 amide bonds. The van der Waals surface area contributed by atoms with E-state index in [1.165, 1.54) is 19.3 Å². The van der Waals surface area contributed by atoms with Gasteiger partial charge in [0.1, 0.15) is 0 Å². The lowest BCUT2D eigenvalue weighted by molar-refractivity contribution is 0.369. The molecule has 1 aromatic rings. The number of rotatable bonds is 4. The molecule has 0 radical (unpaired) electrons. The van der Waals surface area contributed by atoms with E-state index in [0.717, 1.165) is 36.7 Å². The zero-order chi connectivity index (χ0) is 13.8. The fourth-order valence-corrected chi connectivity index (χ4v) is 2.95. The molecular formula is C15H26N4. The molecule has 1 atom stereocenters. The molecule has 1 aromatic heterocycles. The molecule has 2 rings (SSSR count). The van der Waals surface area contributed by atoms with Gasteiger partial charge in [0.05, 0.1) is 11.4 Å². The summed E-state index contributed by atoms with van der Waals surface area (Å²) in [4.78, 5) is 7.15. The van der Waals surface area contributed by atoms with Crippen LogP contribution in [0.3, 0.4) is 0 Å². The Bertz CT molecular complexity index is 417. The second-order valence-electron chi connectivity index (χ2n) is 5.71. The van der Waals surface area contributed by atoms with E-state index in [2.05, 4.69) is 42.8 Å². The Hall–Kier alpha value is -1.19. The molecule has 1 fully saturated rings. The van der Waals surface area contributed by atoms with Gasteiger partial charge in [0.2, 0.25) is 5.95 Å². The van der Waals surface area contributed by atoms with E-state index in [0.29, 0.717) is 12.0 Å². The minimum Gasteiger partial charge on any atom is -0.336 e. The molecule has 1 aliphatic heterocycles. The topological polar surface area (TPSA) is 41.9 Å². The first-order valence-electron chi connectivity index (χ1n) is 7.66. The van der Waals surface area contributed by atoms with Crippen molar-refractivity contribution in [3.05, 3.63) is 11.4 Å². The quantitative estimate of drug-likeness (QED) is 0.836. The molecule has 2 heterocycles. The summed E-state index contributed by atoms with van der Waals surface area (Å²) in [6.07, 6.45) is 5.66. The molecule has 0 aliphatic carbocycles. The van der Waals surface area contributed by atoms with Gasteiger partial charge in [-0.1, -0.05) is 27.7 Å². The summed E-state index contributed by atoms with van der Waals surface area (Å²) in [6.45, 7) is 9.90. The van der Waals surface area contributed by atoms with Gasteiger partial charge in [-0.25, -0.2) is 4.98 Å². The molecule has 1 aliphatic rings. The van der Waals surface area contributed by atoms with Crippen LogP contribution in [0.4, 0.5) is 5.95 Å². The average molecular weight is 262 g/mol. The SMILES string of the molecule is CCc1nnc(N2CCCCC2C(C)C)nc1CC. The third-order valence-electron chi connectivity index (χ3n) is 4.07. The predicted octanol–water partition coefficient (Wildman–Crippen LogP) is 3.01. The summed E-state index contributed by atoms with van der Waals surface area (Å²) in [5, 5.41) is 8.76. The fraction of sp³-hybridized carbons (Fsp3) is 0.800. The predicted molar refractivity (Wildman–Crippen MR) is 78.4 cm³/mol. The lowest BCUT2D eigenvalue weighted by Gasteiger charge is -2.38. The van der Waals surface area contributed by atoms with Crippen LogP contribution >= 0.6 is 0 Å². The van der Waals surface area contributed by atoms with E-state index in [4.69, 9.17) is 4.98 Å². The third kappa shape index (κ3) is 3.04. The van der Waals surface area contributed by atoms with E-state index in [9.17, 15) is 0 Å². The molecule has 106 valence electrons. The highest BCUT2D eigenvalue weighted by molar-refractivity contribution is 5.33. The summed E-state index contributed by atoms with van der Waals surface area (Å²) in [5.41, 5.74) is 2.16. The Morgan fingerprint density at radius 2 is 1.84 bits per heavy atom. The van der Waals surface area contributed by atoms with Crippen molar-refractivity contribution in [2.45, 2.75) is 65.8 Å². The van der Waals surface area contributed by atoms with Crippen LogP contribution in [0.15, 0.2) is 0 Å². The second kappa shape index (κ2) is 6.31. The molecule has 19 heavy (non-hydrogen) atoms. The number of anilines is 1. The Morgan fingerprint density at radius 3 is 2.47 bits per heavy atom. The third-order valence-corrected chi connectivity index (χ3v) is 4.07. The van der Waals surface area contributed by atoms with Crippen LogP contribution in [-0.4, -0.2) is 27.8 Å². The summed E-state index contributed by atoms with van der Waals surface area (Å²) in [6, 6.07) is 0.563. The number of hydrogen-bond acceptors (Lipinski definition) is 4.